The number of pyridine rings is 1. The molecule has 0 atom stereocenters. The average Bonchev–Trinajstić information content (AvgIpc) is 3.22. The van der Waals surface area contributed by atoms with Crippen LogP contribution in [0.15, 0.2) is 45.7 Å². The van der Waals surface area contributed by atoms with Gasteiger partial charge in [-0.1, -0.05) is 17.7 Å². The van der Waals surface area contributed by atoms with E-state index in [-0.39, 0.29) is 25.6 Å². The standard InChI is InChI=1S/C24H25ClN4O7/c1-4-35-21(31)15-28(13-17-7-5-6-12-26-17)20(30)14-29-24(32)36-19(27-29)11-9-16-8-10-18(33-2)23(34-3)22(16)25/h5-12H,4,13-15H2,1-3H3/b11-9+. The van der Waals surface area contributed by atoms with Gasteiger partial charge in [0, 0.05) is 12.3 Å². The molecule has 0 aliphatic carbocycles. The lowest BCUT2D eigenvalue weighted by Gasteiger charge is -2.21. The molecule has 0 spiro atoms. The second-order valence-electron chi connectivity index (χ2n) is 7.28. The van der Waals surface area contributed by atoms with Gasteiger partial charge in [-0.3, -0.25) is 14.6 Å². The van der Waals surface area contributed by atoms with Crippen molar-refractivity contribution in [2.75, 3.05) is 27.4 Å². The van der Waals surface area contributed by atoms with E-state index in [9.17, 15) is 14.4 Å². The molecular formula is C24H25ClN4O7. The molecule has 2 aromatic heterocycles. The van der Waals surface area contributed by atoms with Crippen molar-refractivity contribution in [3.05, 3.63) is 69.3 Å². The predicted octanol–water partition coefficient (Wildman–Crippen LogP) is 2.66. The first kappa shape index (κ1) is 26.5. The molecule has 1 amide bonds. The number of carbonyl (C=O) groups is 2. The van der Waals surface area contributed by atoms with Crippen LogP contribution in [0.1, 0.15) is 24.1 Å². The molecule has 0 aliphatic heterocycles. The van der Waals surface area contributed by atoms with Crippen molar-refractivity contribution in [3.8, 4) is 11.5 Å². The monoisotopic (exact) mass is 516 g/mol. The van der Waals surface area contributed by atoms with Gasteiger partial charge in [0.25, 0.3) is 0 Å². The molecule has 3 rings (SSSR count). The maximum absolute atomic E-state index is 13.0. The number of benzene rings is 1. The molecule has 0 N–H and O–H groups in total. The number of ether oxygens (including phenoxy) is 3. The lowest BCUT2D eigenvalue weighted by atomic mass is 10.2. The molecular weight excluding hydrogens is 492 g/mol. The summed E-state index contributed by atoms with van der Waals surface area (Å²) in [6.07, 6.45) is 4.59. The Kier molecular flexibility index (Phi) is 9.23. The molecule has 3 aromatic rings. The fraction of sp³-hybridized carbons (Fsp3) is 0.292. The van der Waals surface area contributed by atoms with Crippen LogP contribution in [0.5, 0.6) is 11.5 Å². The van der Waals surface area contributed by atoms with Crippen LogP contribution in [-0.4, -0.2) is 58.9 Å². The van der Waals surface area contributed by atoms with Crippen LogP contribution >= 0.6 is 11.6 Å². The first-order valence-corrected chi connectivity index (χ1v) is 11.2. The molecule has 0 fully saturated rings. The Morgan fingerprint density at radius 3 is 2.64 bits per heavy atom. The number of hydrogen-bond donors (Lipinski definition) is 0. The minimum Gasteiger partial charge on any atom is -0.493 e. The first-order valence-electron chi connectivity index (χ1n) is 10.9. The largest absolute Gasteiger partial charge is 0.493 e. The van der Waals surface area contributed by atoms with Crippen molar-refractivity contribution in [1.82, 2.24) is 19.7 Å². The van der Waals surface area contributed by atoms with Gasteiger partial charge in [-0.15, -0.1) is 5.10 Å². The van der Waals surface area contributed by atoms with Crippen molar-refractivity contribution in [3.63, 3.8) is 0 Å². The van der Waals surface area contributed by atoms with Crippen LogP contribution in [0.2, 0.25) is 5.02 Å². The third-order valence-corrected chi connectivity index (χ3v) is 5.27. The minimum absolute atomic E-state index is 0.0414. The highest BCUT2D eigenvalue weighted by atomic mass is 35.5. The van der Waals surface area contributed by atoms with Crippen LogP contribution in [0.25, 0.3) is 12.2 Å². The van der Waals surface area contributed by atoms with Gasteiger partial charge < -0.3 is 23.5 Å². The lowest BCUT2D eigenvalue weighted by molar-refractivity contribution is -0.149. The van der Waals surface area contributed by atoms with Crippen LogP contribution in [0.3, 0.4) is 0 Å². The van der Waals surface area contributed by atoms with Crippen molar-refractivity contribution >= 4 is 35.6 Å². The summed E-state index contributed by atoms with van der Waals surface area (Å²) in [5, 5.41) is 4.35. The number of methoxy groups -OCH3 is 2. The van der Waals surface area contributed by atoms with E-state index in [4.69, 9.17) is 30.2 Å². The van der Waals surface area contributed by atoms with Gasteiger partial charge >= 0.3 is 11.7 Å². The van der Waals surface area contributed by atoms with Gasteiger partial charge in [0.15, 0.2) is 11.5 Å². The number of aromatic nitrogens is 3. The number of nitrogens with zero attached hydrogens (tertiary/aromatic N) is 4. The van der Waals surface area contributed by atoms with Gasteiger partial charge in [-0.25, -0.2) is 4.79 Å². The molecule has 0 aliphatic rings. The summed E-state index contributed by atoms with van der Waals surface area (Å²) in [5.41, 5.74) is 1.14. The quantitative estimate of drug-likeness (QED) is 0.353. The highest BCUT2D eigenvalue weighted by molar-refractivity contribution is 6.34. The summed E-state index contributed by atoms with van der Waals surface area (Å²) in [4.78, 5) is 42.7. The molecule has 190 valence electrons. The third kappa shape index (κ3) is 6.72. The van der Waals surface area contributed by atoms with Crippen LogP contribution < -0.4 is 15.2 Å². The van der Waals surface area contributed by atoms with Gasteiger partial charge in [-0.05, 0) is 42.8 Å². The van der Waals surface area contributed by atoms with E-state index in [2.05, 4.69) is 10.1 Å². The topological polar surface area (TPSA) is 126 Å². The summed E-state index contributed by atoms with van der Waals surface area (Å²) in [6, 6.07) is 8.60. The molecule has 0 saturated carbocycles. The first-order chi connectivity index (χ1) is 17.4. The molecule has 0 unspecified atom stereocenters. The van der Waals surface area contributed by atoms with E-state index >= 15 is 0 Å². The Labute approximate surface area is 211 Å². The fourth-order valence-electron chi connectivity index (χ4n) is 3.19. The van der Waals surface area contributed by atoms with Crippen LogP contribution in [-0.2, 0) is 27.4 Å². The Balaban J connectivity index is 1.77. The van der Waals surface area contributed by atoms with Crippen LogP contribution in [0, 0.1) is 0 Å². The van der Waals surface area contributed by atoms with E-state index in [0.717, 1.165) is 4.68 Å². The summed E-state index contributed by atoms with van der Waals surface area (Å²) in [7, 11) is 2.96. The zero-order chi connectivity index (χ0) is 26.1. The SMILES string of the molecule is CCOC(=O)CN(Cc1ccccn1)C(=O)Cn1nc(/C=C/c2ccc(OC)c(OC)c2Cl)oc1=O. The normalized spacial score (nSPS) is 10.9. The van der Waals surface area contributed by atoms with Gasteiger partial charge in [0.2, 0.25) is 11.8 Å². The average molecular weight is 517 g/mol. The Morgan fingerprint density at radius 1 is 1.17 bits per heavy atom. The molecule has 0 bridgehead atoms. The van der Waals surface area contributed by atoms with Crippen molar-refractivity contribution in [2.45, 2.75) is 20.0 Å². The summed E-state index contributed by atoms with van der Waals surface area (Å²) >= 11 is 6.36. The van der Waals surface area contributed by atoms with E-state index in [0.29, 0.717) is 27.8 Å². The number of hydrogen-bond acceptors (Lipinski definition) is 9. The maximum Gasteiger partial charge on any atom is 0.437 e. The number of amides is 1. The van der Waals surface area contributed by atoms with Crippen molar-refractivity contribution < 1.29 is 28.2 Å². The highest BCUT2D eigenvalue weighted by Gasteiger charge is 2.21. The van der Waals surface area contributed by atoms with E-state index in [1.165, 1.54) is 25.2 Å². The molecule has 2 heterocycles. The summed E-state index contributed by atoms with van der Waals surface area (Å²) < 4.78 is 21.4. The number of carbonyl (C=O) groups excluding carboxylic acids is 2. The number of esters is 1. The Bertz CT molecular complexity index is 1290. The maximum atomic E-state index is 13.0. The minimum atomic E-state index is -0.838. The number of rotatable bonds is 11. The molecule has 11 nitrogen and oxygen atoms in total. The second-order valence-corrected chi connectivity index (χ2v) is 7.66. The molecule has 36 heavy (non-hydrogen) atoms. The number of halogens is 1. The summed E-state index contributed by atoms with van der Waals surface area (Å²) in [5.74, 6) is -1.18. The Hall–Kier alpha value is -4.12. The summed E-state index contributed by atoms with van der Waals surface area (Å²) in [6.45, 7) is 1.14. The molecule has 0 saturated heterocycles. The third-order valence-electron chi connectivity index (χ3n) is 4.88. The zero-order valence-corrected chi connectivity index (χ0v) is 20.7. The van der Waals surface area contributed by atoms with E-state index < -0.39 is 24.2 Å². The van der Waals surface area contributed by atoms with Crippen molar-refractivity contribution in [2.24, 2.45) is 0 Å². The van der Waals surface area contributed by atoms with Gasteiger partial charge in [0.1, 0.15) is 13.1 Å². The van der Waals surface area contributed by atoms with E-state index in [1.807, 2.05) is 0 Å². The van der Waals surface area contributed by atoms with Crippen LogP contribution in [0.4, 0.5) is 0 Å². The molecule has 1 aromatic carbocycles. The smallest absolute Gasteiger partial charge is 0.437 e. The van der Waals surface area contributed by atoms with E-state index in [1.54, 1.807) is 49.5 Å². The zero-order valence-electron chi connectivity index (χ0n) is 20.0. The fourth-order valence-corrected chi connectivity index (χ4v) is 3.49. The van der Waals surface area contributed by atoms with Gasteiger partial charge in [0.05, 0.1) is 38.1 Å². The Morgan fingerprint density at radius 2 is 1.97 bits per heavy atom. The highest BCUT2D eigenvalue weighted by Crippen LogP contribution is 2.37. The predicted molar refractivity (Wildman–Crippen MR) is 131 cm³/mol. The van der Waals surface area contributed by atoms with Gasteiger partial charge in [-0.2, -0.15) is 4.68 Å². The second kappa shape index (κ2) is 12.5. The molecule has 12 heteroatoms. The van der Waals surface area contributed by atoms with Crippen molar-refractivity contribution in [1.29, 1.82) is 0 Å². The lowest BCUT2D eigenvalue weighted by Crippen LogP contribution is -2.39. The molecule has 0 radical (unpaired) electrons.